The van der Waals surface area contributed by atoms with Crippen LogP contribution in [-0.4, -0.2) is 34.8 Å². The van der Waals surface area contributed by atoms with Crippen LogP contribution < -0.4 is 9.64 Å². The van der Waals surface area contributed by atoms with Gasteiger partial charge in [0.15, 0.2) is 17.2 Å². The molecule has 5 heteroatoms. The van der Waals surface area contributed by atoms with Crippen LogP contribution in [0.3, 0.4) is 0 Å². The summed E-state index contributed by atoms with van der Waals surface area (Å²) in [5.74, 6) is 1.71. The number of anilines is 1. The van der Waals surface area contributed by atoms with Crippen molar-refractivity contribution in [1.82, 2.24) is 14.6 Å². The van der Waals surface area contributed by atoms with E-state index in [1.54, 1.807) is 4.52 Å². The molecule has 2 aromatic rings. The molecule has 0 atom stereocenters. The predicted octanol–water partition coefficient (Wildman–Crippen LogP) is 4.34. The van der Waals surface area contributed by atoms with Crippen LogP contribution in [0.25, 0.3) is 5.65 Å². The van der Waals surface area contributed by atoms with Crippen LogP contribution in [0.5, 0.6) is 5.75 Å². The van der Waals surface area contributed by atoms with Gasteiger partial charge in [0.05, 0.1) is 18.9 Å². The highest BCUT2D eigenvalue weighted by molar-refractivity contribution is 5.59. The lowest BCUT2D eigenvalue weighted by Crippen LogP contribution is -2.30. The van der Waals surface area contributed by atoms with Crippen molar-refractivity contribution in [2.24, 2.45) is 0 Å². The summed E-state index contributed by atoms with van der Waals surface area (Å²) in [5.41, 5.74) is 1.97. The second-order valence-electron chi connectivity index (χ2n) is 4.50. The zero-order valence-corrected chi connectivity index (χ0v) is 15.5. The molecule has 22 heavy (non-hydrogen) atoms. The standard InChI is InChI=1S/C10H12N4O.C3H8.2C2H6/c1-7-5-11-14-6-8-10(12-9(7)14)13(2)3-4-15-8;1-3-2;2*1-2/h5-6H,3-4H2,1-2H3;3H2,1-2H3;2*1-2H3. The molecule has 0 spiro atoms. The number of aromatic nitrogens is 3. The zero-order chi connectivity index (χ0) is 17.1. The second kappa shape index (κ2) is 10.9. The van der Waals surface area contributed by atoms with E-state index in [1.807, 2.05) is 54.1 Å². The fraction of sp³-hybridized carbons (Fsp3) is 0.647. The number of nitrogens with zero attached hydrogens (tertiary/aromatic N) is 4. The quantitative estimate of drug-likeness (QED) is 0.726. The Bertz CT molecular complexity index is 537. The van der Waals surface area contributed by atoms with Crippen molar-refractivity contribution in [3.63, 3.8) is 0 Å². The Morgan fingerprint density at radius 3 is 2.36 bits per heavy atom. The molecule has 0 fully saturated rings. The lowest BCUT2D eigenvalue weighted by atomic mass is 10.3. The molecule has 3 rings (SSSR count). The van der Waals surface area contributed by atoms with Gasteiger partial charge < -0.3 is 9.64 Å². The van der Waals surface area contributed by atoms with Crippen molar-refractivity contribution in [2.45, 2.75) is 54.9 Å². The highest BCUT2D eigenvalue weighted by Gasteiger charge is 2.18. The first-order valence-corrected chi connectivity index (χ1v) is 8.36. The lowest BCUT2D eigenvalue weighted by molar-refractivity contribution is 0.307. The summed E-state index contributed by atoms with van der Waals surface area (Å²) in [5, 5.41) is 4.21. The first-order chi connectivity index (χ1) is 10.7. The SMILES string of the molecule is CC.CC.CCC.Cc1cnn2cc3c(nc12)N(C)CCO3. The third kappa shape index (κ3) is 4.90. The zero-order valence-electron chi connectivity index (χ0n) is 15.5. The van der Waals surface area contributed by atoms with E-state index in [2.05, 4.69) is 28.8 Å². The van der Waals surface area contributed by atoms with Crippen molar-refractivity contribution in [2.75, 3.05) is 25.1 Å². The van der Waals surface area contributed by atoms with E-state index < -0.39 is 0 Å². The molecular weight excluding hydrogens is 276 g/mol. The Balaban J connectivity index is 0.000000553. The molecular formula is C17H32N4O. The fourth-order valence-electron chi connectivity index (χ4n) is 1.77. The van der Waals surface area contributed by atoms with Gasteiger partial charge in [0.1, 0.15) is 6.61 Å². The average molecular weight is 308 g/mol. The van der Waals surface area contributed by atoms with E-state index in [4.69, 9.17) is 4.74 Å². The summed E-state index contributed by atoms with van der Waals surface area (Å²) in [7, 11) is 2.02. The van der Waals surface area contributed by atoms with Crippen molar-refractivity contribution >= 4 is 11.5 Å². The molecule has 0 N–H and O–H groups in total. The molecule has 5 nitrogen and oxygen atoms in total. The Kier molecular flexibility index (Phi) is 10.00. The van der Waals surface area contributed by atoms with Crippen LogP contribution in [0.2, 0.25) is 0 Å². The Morgan fingerprint density at radius 1 is 1.18 bits per heavy atom. The first-order valence-electron chi connectivity index (χ1n) is 8.36. The Labute approximate surface area is 135 Å². The molecule has 2 aromatic heterocycles. The number of hydrogen-bond donors (Lipinski definition) is 0. The maximum Gasteiger partial charge on any atom is 0.180 e. The van der Waals surface area contributed by atoms with Crippen LogP contribution in [0.15, 0.2) is 12.4 Å². The number of hydrogen-bond acceptors (Lipinski definition) is 4. The number of aryl methyl sites for hydroxylation is 1. The summed E-state index contributed by atoms with van der Waals surface area (Å²) < 4.78 is 7.30. The van der Waals surface area contributed by atoms with Gasteiger partial charge in [-0.3, -0.25) is 0 Å². The van der Waals surface area contributed by atoms with Crippen molar-refractivity contribution in [1.29, 1.82) is 0 Å². The molecule has 0 saturated carbocycles. The minimum absolute atomic E-state index is 0.705. The van der Waals surface area contributed by atoms with Crippen molar-refractivity contribution in [3.05, 3.63) is 18.0 Å². The molecule has 3 heterocycles. The van der Waals surface area contributed by atoms with Gasteiger partial charge in [-0.25, -0.2) is 9.50 Å². The fourth-order valence-corrected chi connectivity index (χ4v) is 1.77. The van der Waals surface area contributed by atoms with Gasteiger partial charge in [-0.05, 0) is 6.92 Å². The highest BCUT2D eigenvalue weighted by Crippen LogP contribution is 2.28. The van der Waals surface area contributed by atoms with E-state index in [-0.39, 0.29) is 0 Å². The van der Waals surface area contributed by atoms with E-state index in [0.29, 0.717) is 6.61 Å². The molecule has 0 bridgehead atoms. The number of rotatable bonds is 0. The first kappa shape index (κ1) is 20.2. The van der Waals surface area contributed by atoms with Gasteiger partial charge >= 0.3 is 0 Å². The van der Waals surface area contributed by atoms with E-state index >= 15 is 0 Å². The number of ether oxygens (including phenoxy) is 1. The van der Waals surface area contributed by atoms with Crippen molar-refractivity contribution < 1.29 is 4.74 Å². The van der Waals surface area contributed by atoms with Gasteiger partial charge in [-0.15, -0.1) is 0 Å². The van der Waals surface area contributed by atoms with Gasteiger partial charge in [0.25, 0.3) is 0 Å². The smallest absolute Gasteiger partial charge is 0.180 e. The molecule has 0 aromatic carbocycles. The molecule has 0 amide bonds. The molecule has 126 valence electrons. The number of fused-ring (bicyclic) bond motifs is 2. The maximum atomic E-state index is 5.55. The van der Waals surface area contributed by atoms with Crippen LogP contribution >= 0.6 is 0 Å². The summed E-state index contributed by atoms with van der Waals surface area (Å²) >= 11 is 0. The van der Waals surface area contributed by atoms with Crippen molar-refractivity contribution in [3.8, 4) is 5.75 Å². The molecule has 1 aliphatic rings. The van der Waals surface area contributed by atoms with E-state index in [1.165, 1.54) is 6.42 Å². The van der Waals surface area contributed by atoms with E-state index in [0.717, 1.165) is 29.3 Å². The topological polar surface area (TPSA) is 42.7 Å². The molecule has 1 aliphatic heterocycles. The van der Waals surface area contributed by atoms with Gasteiger partial charge in [0, 0.05) is 12.6 Å². The summed E-state index contributed by atoms with van der Waals surface area (Å²) in [4.78, 5) is 6.66. The normalized spacial score (nSPS) is 11.7. The van der Waals surface area contributed by atoms with Gasteiger partial charge in [0.2, 0.25) is 0 Å². The minimum Gasteiger partial charge on any atom is -0.486 e. The summed E-state index contributed by atoms with van der Waals surface area (Å²) in [6.45, 7) is 15.8. The largest absolute Gasteiger partial charge is 0.486 e. The third-order valence-corrected chi connectivity index (χ3v) is 2.66. The second-order valence-corrected chi connectivity index (χ2v) is 4.50. The minimum atomic E-state index is 0.705. The summed E-state index contributed by atoms with van der Waals surface area (Å²) in [6.07, 6.45) is 4.95. The van der Waals surface area contributed by atoms with Crippen LogP contribution in [0, 0.1) is 6.92 Å². The highest BCUT2D eigenvalue weighted by atomic mass is 16.5. The maximum absolute atomic E-state index is 5.55. The lowest BCUT2D eigenvalue weighted by Gasteiger charge is -2.26. The van der Waals surface area contributed by atoms with E-state index in [9.17, 15) is 0 Å². The molecule has 0 saturated heterocycles. The van der Waals surface area contributed by atoms with Crippen LogP contribution in [0.4, 0.5) is 5.82 Å². The Hall–Kier alpha value is -1.78. The summed E-state index contributed by atoms with van der Waals surface area (Å²) in [6, 6.07) is 0. The molecule has 0 unspecified atom stereocenters. The third-order valence-electron chi connectivity index (χ3n) is 2.66. The average Bonchev–Trinajstić information content (AvgIpc) is 2.92. The van der Waals surface area contributed by atoms with Gasteiger partial charge in [-0.2, -0.15) is 5.10 Å². The molecule has 0 aliphatic carbocycles. The monoisotopic (exact) mass is 308 g/mol. The van der Waals surface area contributed by atoms with Crippen LogP contribution in [0.1, 0.15) is 53.5 Å². The van der Waals surface area contributed by atoms with Crippen LogP contribution in [-0.2, 0) is 0 Å². The van der Waals surface area contributed by atoms with Gasteiger partial charge in [-0.1, -0.05) is 48.0 Å². The predicted molar refractivity (Wildman–Crippen MR) is 95.2 cm³/mol. The number of likely N-dealkylation sites (N-methyl/N-ethyl adjacent to an activating group) is 1. The Morgan fingerprint density at radius 2 is 1.77 bits per heavy atom. The molecule has 0 radical (unpaired) electrons.